The Bertz CT molecular complexity index is 6100. The van der Waals surface area contributed by atoms with Crippen molar-refractivity contribution in [1.29, 1.82) is 0 Å². The van der Waals surface area contributed by atoms with Crippen molar-refractivity contribution in [2.45, 2.75) is 273 Å². The highest BCUT2D eigenvalue weighted by atomic mass is 16.6. The summed E-state index contributed by atoms with van der Waals surface area (Å²) >= 11 is 0. The van der Waals surface area contributed by atoms with E-state index in [0.717, 1.165) is 122 Å². The molecule has 0 unspecified atom stereocenters. The largest absolute Gasteiger partial charge is 0.485 e. The lowest BCUT2D eigenvalue weighted by atomic mass is 9.99. The van der Waals surface area contributed by atoms with Crippen molar-refractivity contribution in [1.82, 2.24) is 0 Å². The molecule has 688 valence electrons. The molecular weight excluding hydrogens is 1640 g/mol. The summed E-state index contributed by atoms with van der Waals surface area (Å²) in [6.07, 6.45) is 0. The van der Waals surface area contributed by atoms with E-state index in [1.807, 2.05) is 36.4 Å². The Kier molecular flexibility index (Phi) is 30.9. The summed E-state index contributed by atoms with van der Waals surface area (Å²) in [5.41, 5.74) is 43.3. The number of ketones is 1. The van der Waals surface area contributed by atoms with Crippen LogP contribution in [0.4, 0.5) is 0 Å². The van der Waals surface area contributed by atoms with Gasteiger partial charge in [0.05, 0.1) is 0 Å². The SMILES string of the molecule is CC(=O)c1cc(OCc2cc(OCc3cc(C)c(C)c(C)c3)c(OCc3cc(C)c(C)c(C)c3)c(OCc3cc(C)c(C)c(C)c3)c2)c(OCc2cc(OCc3cc(C)c(C)c(C)c3)c(OCc3cc(C)c(C)c(C)c3)c(OCc3cc(C)c(C)c(C)c3)c2)c(OCc2cc(OCc3cc(C)c(C)c(C)c3)c(OCc3ccc(C)c(C)c3C)c(OCc3cc(C)c(C)c(C)c3)c2)c1. The number of aryl methyl sites for hydroxylation is 17. The Morgan fingerprint density at radius 1 is 0.167 bits per heavy atom. The van der Waals surface area contributed by atoms with Crippen LogP contribution in [-0.4, -0.2) is 5.78 Å². The van der Waals surface area contributed by atoms with E-state index in [1.54, 1.807) is 12.1 Å². The lowest BCUT2D eigenvalue weighted by molar-refractivity contribution is 0.101. The average molecular weight is 1770 g/mol. The van der Waals surface area contributed by atoms with Crippen LogP contribution in [-0.2, 0) is 79.3 Å². The quantitative estimate of drug-likeness (QED) is 0.0343. The van der Waals surface area contributed by atoms with Gasteiger partial charge in [-0.3, -0.25) is 4.79 Å². The summed E-state index contributed by atoms with van der Waals surface area (Å²) in [7, 11) is 0. The Morgan fingerprint density at radius 2 is 0.318 bits per heavy atom. The molecule has 132 heavy (non-hydrogen) atoms. The van der Waals surface area contributed by atoms with Gasteiger partial charge in [-0.2, -0.15) is 0 Å². The molecule has 0 fully saturated rings. The van der Waals surface area contributed by atoms with Crippen molar-refractivity contribution < 1.29 is 61.6 Å². The minimum absolute atomic E-state index is 0.0887. The molecule has 13 heteroatoms. The molecule has 0 saturated carbocycles. The molecule has 0 spiro atoms. The van der Waals surface area contributed by atoms with Gasteiger partial charge in [-0.15, -0.1) is 0 Å². The van der Waals surface area contributed by atoms with Crippen molar-refractivity contribution in [3.63, 3.8) is 0 Å². The molecule has 0 atom stereocenters. The molecule has 13 aromatic carbocycles. The number of carbonyl (C=O) groups excluding carboxylic acids is 1. The Hall–Kier alpha value is -12.9. The zero-order valence-corrected chi connectivity index (χ0v) is 83.3. The third-order valence-corrected chi connectivity index (χ3v) is 27.4. The zero-order chi connectivity index (χ0) is 95.0. The first kappa shape index (κ1) is 96.7. The van der Waals surface area contributed by atoms with Gasteiger partial charge in [0, 0.05) is 5.56 Å². The number of rotatable bonds is 37. The summed E-state index contributed by atoms with van der Waals surface area (Å²) in [4.78, 5) is 14.5. The van der Waals surface area contributed by atoms with E-state index < -0.39 is 0 Å². The number of Topliss-reactive ketones (excluding diaryl/α,β-unsaturated/α-hetero) is 1. The van der Waals surface area contributed by atoms with Crippen molar-refractivity contribution in [2.24, 2.45) is 0 Å². The van der Waals surface area contributed by atoms with Gasteiger partial charge < -0.3 is 56.8 Å². The van der Waals surface area contributed by atoms with Gasteiger partial charge in [0.15, 0.2) is 51.8 Å². The molecule has 0 saturated heterocycles. The number of benzene rings is 13. The molecule has 13 nitrogen and oxygen atoms in total. The summed E-state index contributed by atoms with van der Waals surface area (Å²) in [6, 6.07) is 54.3. The molecule has 0 radical (unpaired) electrons. The van der Waals surface area contributed by atoms with Crippen molar-refractivity contribution in [3.05, 3.63) is 380 Å². The zero-order valence-electron chi connectivity index (χ0n) is 83.3. The summed E-state index contributed by atoms with van der Waals surface area (Å²) < 4.78 is 85.9. The smallest absolute Gasteiger partial charge is 0.203 e. The van der Waals surface area contributed by atoms with E-state index in [1.165, 1.54) is 84.8 Å². The van der Waals surface area contributed by atoms with Gasteiger partial charge in [-0.25, -0.2) is 0 Å². The number of carbonyl (C=O) groups is 1. The van der Waals surface area contributed by atoms with Gasteiger partial charge >= 0.3 is 0 Å². The normalized spacial score (nSPS) is 11.3. The second kappa shape index (κ2) is 42.1. The second-order valence-corrected chi connectivity index (χ2v) is 37.2. The van der Waals surface area contributed by atoms with Gasteiger partial charge in [0.25, 0.3) is 0 Å². The van der Waals surface area contributed by atoms with Gasteiger partial charge in [0.2, 0.25) is 23.0 Å². The predicted octanol–water partition coefficient (Wildman–Crippen LogP) is 29.2. The van der Waals surface area contributed by atoms with Crippen LogP contribution in [0, 0.1) is 187 Å². The van der Waals surface area contributed by atoms with Crippen LogP contribution < -0.4 is 56.8 Å². The van der Waals surface area contributed by atoms with E-state index in [4.69, 9.17) is 56.8 Å². The molecule has 0 heterocycles. The maximum Gasteiger partial charge on any atom is 0.203 e. The molecule has 13 aromatic rings. The molecule has 0 bridgehead atoms. The van der Waals surface area contributed by atoms with Crippen LogP contribution in [0.15, 0.2) is 158 Å². The summed E-state index contributed by atoms with van der Waals surface area (Å²) in [6.45, 7) is 61.0. The lowest BCUT2D eigenvalue weighted by Gasteiger charge is -2.22. The Morgan fingerprint density at radius 3 is 0.492 bits per heavy atom. The van der Waals surface area contributed by atoms with Crippen LogP contribution in [0.2, 0.25) is 0 Å². The standard InChI is InChI=1S/C119H134O13/c1-67-29-30-106(93(27)92(67)26)66-132-118-112(125-59-99-39-76(10)88(22)77(11)40-99)49-104(50-113(118)126-60-100-41-78(12)89(23)79(13)42-100)62-128-115-54-107(94(28)120)53-114(127-61-103-47-108(121-55-95-31-68(2)84(18)69(3)32-95)116(129-63-101-43-80(14)90(24)81(15)44-101)109(48-103)122-56-96-33-70(4)85(19)71(5)34-96)119(115)131-65-105-51-110(123-57-97-35-72(6)86(20)73(7)36-97)117(130-64-102-45-82(16)91(25)83(17)46-102)111(52-105)124-58-98-37-74(8)87(21)75(9)38-98/h29-54H,55-66H2,1-28H3. The number of ether oxygens (including phenoxy) is 12. The minimum Gasteiger partial charge on any atom is -0.485 e. The fraction of sp³-hybridized carbons (Fsp3) is 0.336. The molecule has 0 amide bonds. The first-order chi connectivity index (χ1) is 62.8. The highest BCUT2D eigenvalue weighted by Gasteiger charge is 2.27. The van der Waals surface area contributed by atoms with Crippen molar-refractivity contribution >= 4 is 5.78 Å². The van der Waals surface area contributed by atoms with E-state index in [9.17, 15) is 4.79 Å². The third-order valence-electron chi connectivity index (χ3n) is 27.4. The predicted molar refractivity (Wildman–Crippen MR) is 534 cm³/mol. The lowest BCUT2D eigenvalue weighted by Crippen LogP contribution is -2.09. The first-order valence-electron chi connectivity index (χ1n) is 46.1. The van der Waals surface area contributed by atoms with Crippen LogP contribution >= 0.6 is 0 Å². The van der Waals surface area contributed by atoms with E-state index in [-0.39, 0.29) is 102 Å². The molecule has 0 aliphatic carbocycles. The Labute approximate surface area is 785 Å². The highest BCUT2D eigenvalue weighted by molar-refractivity contribution is 5.95. The summed E-state index contributed by atoms with van der Waals surface area (Å²) in [5.74, 6) is 4.35. The maximum atomic E-state index is 14.5. The molecular formula is C119H134O13. The van der Waals surface area contributed by atoms with Gasteiger partial charge in [0.1, 0.15) is 79.3 Å². The molecule has 0 aliphatic rings. The first-order valence-corrected chi connectivity index (χ1v) is 46.1. The minimum atomic E-state index is -0.241. The number of hydrogen-bond donors (Lipinski definition) is 0. The van der Waals surface area contributed by atoms with Crippen LogP contribution in [0.5, 0.6) is 69.0 Å². The Balaban J connectivity index is 0.979. The van der Waals surface area contributed by atoms with E-state index >= 15 is 0 Å². The molecule has 0 N–H and O–H groups in total. The van der Waals surface area contributed by atoms with E-state index in [2.05, 4.69) is 296 Å². The molecule has 0 aromatic heterocycles. The maximum absolute atomic E-state index is 14.5. The topological polar surface area (TPSA) is 128 Å². The third kappa shape index (κ3) is 23.3. The fourth-order valence-corrected chi connectivity index (χ4v) is 17.1. The fourth-order valence-electron chi connectivity index (χ4n) is 17.1. The van der Waals surface area contributed by atoms with Crippen LogP contribution in [0.25, 0.3) is 0 Å². The number of hydrogen-bond acceptors (Lipinski definition) is 13. The van der Waals surface area contributed by atoms with Gasteiger partial charge in [-0.05, 0) is 459 Å². The second-order valence-electron chi connectivity index (χ2n) is 37.2. The summed E-state index contributed by atoms with van der Waals surface area (Å²) in [5, 5.41) is 0. The van der Waals surface area contributed by atoms with Crippen molar-refractivity contribution in [2.75, 3.05) is 0 Å². The monoisotopic (exact) mass is 1770 g/mol. The van der Waals surface area contributed by atoms with Crippen LogP contribution in [0.3, 0.4) is 0 Å². The average Bonchev–Trinajstić information content (AvgIpc) is 0.795. The molecule has 13 rings (SSSR count). The van der Waals surface area contributed by atoms with Gasteiger partial charge in [-0.1, -0.05) is 109 Å². The highest BCUT2D eigenvalue weighted by Crippen LogP contribution is 2.48. The molecule has 0 aliphatic heterocycles. The van der Waals surface area contributed by atoms with E-state index in [0.29, 0.717) is 74.0 Å². The van der Waals surface area contributed by atoms with Crippen LogP contribution in [0.1, 0.15) is 234 Å². The van der Waals surface area contributed by atoms with Crippen molar-refractivity contribution in [3.8, 4) is 69.0 Å².